The van der Waals surface area contributed by atoms with E-state index in [0.717, 1.165) is 0 Å². The topological polar surface area (TPSA) is 118 Å². The van der Waals surface area contributed by atoms with E-state index in [2.05, 4.69) is 52.5 Å². The van der Waals surface area contributed by atoms with Crippen LogP contribution in [0.1, 0.15) is 25.7 Å². The molecule has 1 fully saturated rings. The van der Waals surface area contributed by atoms with Gasteiger partial charge in [0.1, 0.15) is 0 Å². The average molecular weight is 741 g/mol. The number of nitrogens with zero attached hydrogens (tertiary/aromatic N) is 4. The van der Waals surface area contributed by atoms with E-state index in [0.29, 0.717) is 76.0 Å². The molecule has 0 aliphatic carbocycles. The molecule has 0 saturated carbocycles. The molecule has 0 aromatic carbocycles. The monoisotopic (exact) mass is 740 g/mol. The largest absolute Gasteiger partial charge is 0.416 e. The van der Waals surface area contributed by atoms with Gasteiger partial charge in [-0.3, -0.25) is 19.2 Å². The molecule has 16 heteroatoms. The molecule has 272 valence electrons. The van der Waals surface area contributed by atoms with Gasteiger partial charge in [-0.2, -0.15) is 0 Å². The first-order valence-electron chi connectivity index (χ1n) is 16.6. The first-order chi connectivity index (χ1) is 22.3. The molecule has 4 amide bonds. The van der Waals surface area contributed by atoms with Crippen molar-refractivity contribution in [2.45, 2.75) is 76.0 Å². The molecule has 1 aliphatic heterocycles. The molecular formula is C32H60N4O8Si4. The summed E-state index contributed by atoms with van der Waals surface area (Å²) >= 11 is 0. The van der Waals surface area contributed by atoms with E-state index in [4.69, 9.17) is 16.5 Å². The molecule has 0 N–H and O–H groups in total. The Morgan fingerprint density at radius 1 is 0.438 bits per heavy atom. The van der Waals surface area contributed by atoms with Gasteiger partial charge >= 0.3 is 34.2 Å². The van der Waals surface area contributed by atoms with E-state index in [9.17, 15) is 19.2 Å². The summed E-state index contributed by atoms with van der Waals surface area (Å²) < 4.78 is 28.7. The van der Waals surface area contributed by atoms with E-state index in [1.54, 1.807) is 47.8 Å². The van der Waals surface area contributed by atoms with Crippen molar-refractivity contribution in [2.24, 2.45) is 0 Å². The highest BCUT2D eigenvalue weighted by Crippen LogP contribution is 2.38. The third-order valence-corrected chi connectivity index (χ3v) is 27.3. The second kappa shape index (κ2) is 19.7. The van der Waals surface area contributed by atoms with Gasteiger partial charge in [0.15, 0.2) is 0 Å². The van der Waals surface area contributed by atoms with Crippen LogP contribution in [0.2, 0.25) is 50.4 Å². The van der Waals surface area contributed by atoms with Gasteiger partial charge in [-0.05, 0) is 100 Å². The van der Waals surface area contributed by atoms with E-state index in [1.165, 1.54) is 24.3 Å². The molecule has 0 atom stereocenters. The SMILES string of the molecule is C=CC(=O)N(C)CCC[Si]1(C)O[Si](C)(CCCN(C)C(=O)C=C)O[Si](C)(CCCN(C)C(=O)C=C)O[Si](C)(CCCN(C)C(=O)C=C)O1. The van der Waals surface area contributed by atoms with Crippen LogP contribution < -0.4 is 0 Å². The average Bonchev–Trinajstić information content (AvgIpc) is 3.01. The van der Waals surface area contributed by atoms with Crippen molar-refractivity contribution in [2.75, 3.05) is 54.4 Å². The zero-order valence-corrected chi connectivity index (χ0v) is 34.7. The second-order valence-electron chi connectivity index (χ2n) is 13.2. The lowest BCUT2D eigenvalue weighted by Gasteiger charge is -2.50. The minimum Gasteiger partial charge on any atom is -0.416 e. The molecule has 0 spiro atoms. The molecule has 0 radical (unpaired) electrons. The standard InChI is InChI=1S/C32H60N4O8Si4/c1-13-29(37)33(5)21-17-25-45(9)41-46(10,26-18-22-34(6)30(38)14-2)43-48(12,28-20-24-36(8)32(40)16-4)44-47(11,42-45)27-19-23-35(7)31(39)15-3/h13-16H,1-4,17-28H2,5-12H3. The molecule has 1 saturated heterocycles. The highest BCUT2D eigenvalue weighted by Gasteiger charge is 2.56. The summed E-state index contributed by atoms with van der Waals surface area (Å²) in [7, 11) is -4.89. The second-order valence-corrected chi connectivity index (χ2v) is 27.5. The van der Waals surface area contributed by atoms with Crippen molar-refractivity contribution in [3.8, 4) is 0 Å². The zero-order chi connectivity index (χ0) is 36.8. The lowest BCUT2D eigenvalue weighted by atomic mass is 10.4. The smallest absolute Gasteiger partial charge is 0.317 e. The normalized spacial score (nSPS) is 25.5. The van der Waals surface area contributed by atoms with Crippen LogP contribution in [-0.2, 0) is 35.6 Å². The molecular weight excluding hydrogens is 681 g/mol. The van der Waals surface area contributed by atoms with Crippen LogP contribution in [0.3, 0.4) is 0 Å². The van der Waals surface area contributed by atoms with Crippen LogP contribution in [0.25, 0.3) is 0 Å². The summed E-state index contributed by atoms with van der Waals surface area (Å²) in [5.74, 6) is -0.593. The van der Waals surface area contributed by atoms with Gasteiger partial charge in [0.2, 0.25) is 23.6 Å². The minimum atomic E-state index is -2.97. The van der Waals surface area contributed by atoms with Crippen molar-refractivity contribution >= 4 is 57.9 Å². The maximum Gasteiger partial charge on any atom is 0.317 e. The Kier molecular flexibility index (Phi) is 17.8. The number of carbonyl (C=O) groups is 4. The van der Waals surface area contributed by atoms with Crippen LogP contribution in [0.5, 0.6) is 0 Å². The van der Waals surface area contributed by atoms with Crippen LogP contribution in [0.15, 0.2) is 50.6 Å². The van der Waals surface area contributed by atoms with E-state index in [-0.39, 0.29) is 23.6 Å². The van der Waals surface area contributed by atoms with Crippen LogP contribution >= 0.6 is 0 Å². The Morgan fingerprint density at radius 3 is 0.750 bits per heavy atom. The van der Waals surface area contributed by atoms with Crippen LogP contribution in [0.4, 0.5) is 0 Å². The Labute approximate surface area is 293 Å². The van der Waals surface area contributed by atoms with Gasteiger partial charge in [-0.15, -0.1) is 0 Å². The third kappa shape index (κ3) is 14.6. The van der Waals surface area contributed by atoms with Gasteiger partial charge in [0, 0.05) is 54.4 Å². The fourth-order valence-electron chi connectivity index (χ4n) is 5.93. The van der Waals surface area contributed by atoms with Crippen LogP contribution in [-0.4, -0.2) is 132 Å². The summed E-state index contributed by atoms with van der Waals surface area (Å²) in [5.41, 5.74) is 0. The van der Waals surface area contributed by atoms with Crippen molar-refractivity contribution < 1.29 is 35.6 Å². The summed E-state index contributed by atoms with van der Waals surface area (Å²) in [6, 6.07) is 2.48. The summed E-state index contributed by atoms with van der Waals surface area (Å²) in [5, 5.41) is 0. The van der Waals surface area contributed by atoms with Crippen LogP contribution in [0, 0.1) is 0 Å². The Balaban J connectivity index is 3.46. The lowest BCUT2D eigenvalue weighted by molar-refractivity contribution is -0.125. The summed E-state index contributed by atoms with van der Waals surface area (Å²) in [4.78, 5) is 55.2. The fourth-order valence-corrected chi connectivity index (χ4v) is 29.2. The summed E-state index contributed by atoms with van der Waals surface area (Å²) in [6.07, 6.45) is 7.87. The maximum atomic E-state index is 12.2. The maximum absolute atomic E-state index is 12.2. The molecule has 1 heterocycles. The number of rotatable bonds is 20. The highest BCUT2D eigenvalue weighted by atomic mass is 28.5. The fraction of sp³-hybridized carbons (Fsp3) is 0.625. The Hall–Kier alpha value is -2.45. The van der Waals surface area contributed by atoms with E-state index < -0.39 is 34.2 Å². The quantitative estimate of drug-likeness (QED) is 0.133. The predicted octanol–water partition coefficient (Wildman–Crippen LogP) is 4.49. The van der Waals surface area contributed by atoms with Gasteiger partial charge < -0.3 is 36.1 Å². The summed E-state index contributed by atoms with van der Waals surface area (Å²) in [6.45, 7) is 24.7. The Morgan fingerprint density at radius 2 is 0.604 bits per heavy atom. The van der Waals surface area contributed by atoms with E-state index in [1.807, 2.05) is 0 Å². The molecule has 0 unspecified atom stereocenters. The molecule has 0 aromatic rings. The van der Waals surface area contributed by atoms with Gasteiger partial charge in [-0.1, -0.05) is 26.3 Å². The molecule has 0 bridgehead atoms. The minimum absolute atomic E-state index is 0.148. The highest BCUT2D eigenvalue weighted by molar-refractivity contribution is 6.93. The molecule has 1 aliphatic rings. The first kappa shape index (κ1) is 43.6. The van der Waals surface area contributed by atoms with Crippen molar-refractivity contribution in [1.29, 1.82) is 0 Å². The molecule has 48 heavy (non-hydrogen) atoms. The van der Waals surface area contributed by atoms with Crippen molar-refractivity contribution in [3.05, 3.63) is 50.6 Å². The number of carbonyl (C=O) groups excluding carboxylic acids is 4. The van der Waals surface area contributed by atoms with E-state index >= 15 is 0 Å². The molecule has 12 nitrogen and oxygen atoms in total. The number of amides is 4. The number of hydrogen-bond donors (Lipinski definition) is 0. The zero-order valence-electron chi connectivity index (χ0n) is 30.7. The van der Waals surface area contributed by atoms with Gasteiger partial charge in [0.25, 0.3) is 0 Å². The van der Waals surface area contributed by atoms with Gasteiger partial charge in [-0.25, -0.2) is 0 Å². The van der Waals surface area contributed by atoms with Crippen molar-refractivity contribution in [1.82, 2.24) is 19.6 Å². The molecule has 0 aromatic heterocycles. The molecule has 1 rings (SSSR count). The van der Waals surface area contributed by atoms with Crippen molar-refractivity contribution in [3.63, 3.8) is 0 Å². The third-order valence-electron chi connectivity index (χ3n) is 8.43. The number of likely N-dealkylation sites (N-methyl/N-ethyl adjacent to an activating group) is 4. The predicted molar refractivity (Wildman–Crippen MR) is 200 cm³/mol. The van der Waals surface area contributed by atoms with Gasteiger partial charge in [0.05, 0.1) is 0 Å². The first-order valence-corrected chi connectivity index (χ1v) is 26.7. The lowest BCUT2D eigenvalue weighted by Crippen LogP contribution is -2.67. The Bertz CT molecular complexity index is 989. The number of hydrogen-bond acceptors (Lipinski definition) is 8.